The van der Waals surface area contributed by atoms with Crippen LogP contribution in [0.1, 0.15) is 12.8 Å². The summed E-state index contributed by atoms with van der Waals surface area (Å²) < 4.78 is 11.3. The summed E-state index contributed by atoms with van der Waals surface area (Å²) >= 11 is 26.6. The standard InChI is InChI=1S/C13H14Cl4O2/c1-18-13(19-2)11(16)7-5-3-4-6-8(7)12(13,17)10(15)9(11)14/h3-4,7-8H,5-6H2,1-2H3/t7-,8+,11-,12+. The fourth-order valence-corrected chi connectivity index (χ4v) is 6.31. The van der Waals surface area contributed by atoms with Crippen molar-refractivity contribution in [3.05, 3.63) is 22.2 Å². The molecule has 2 bridgehead atoms. The molecule has 106 valence electrons. The predicted octanol–water partition coefficient (Wildman–Crippen LogP) is 4.23. The van der Waals surface area contributed by atoms with E-state index in [1.165, 1.54) is 14.2 Å². The monoisotopic (exact) mass is 342 g/mol. The van der Waals surface area contributed by atoms with E-state index < -0.39 is 15.5 Å². The number of allylic oxidation sites excluding steroid dienone is 2. The molecular formula is C13H14Cl4O2. The molecule has 0 spiro atoms. The molecule has 0 unspecified atom stereocenters. The van der Waals surface area contributed by atoms with Crippen LogP contribution in [0.5, 0.6) is 0 Å². The van der Waals surface area contributed by atoms with Gasteiger partial charge in [0, 0.05) is 14.2 Å². The predicted molar refractivity (Wildman–Crippen MR) is 78.0 cm³/mol. The second kappa shape index (κ2) is 4.28. The lowest BCUT2D eigenvalue weighted by molar-refractivity contribution is -0.220. The van der Waals surface area contributed by atoms with E-state index in [2.05, 4.69) is 12.2 Å². The highest BCUT2D eigenvalue weighted by atomic mass is 35.5. The summed E-state index contributed by atoms with van der Waals surface area (Å²) in [4.78, 5) is -2.07. The molecule has 1 saturated carbocycles. The molecule has 1 fully saturated rings. The van der Waals surface area contributed by atoms with E-state index in [4.69, 9.17) is 55.9 Å². The number of halogens is 4. The Labute approximate surface area is 132 Å². The van der Waals surface area contributed by atoms with E-state index in [0.29, 0.717) is 10.1 Å². The molecule has 2 nitrogen and oxygen atoms in total. The fourth-order valence-electron chi connectivity index (χ4n) is 4.06. The molecule has 3 aliphatic rings. The highest BCUT2D eigenvalue weighted by molar-refractivity contribution is 6.52. The Bertz CT molecular complexity index is 447. The van der Waals surface area contributed by atoms with Crippen LogP contribution < -0.4 is 0 Å². The topological polar surface area (TPSA) is 18.5 Å². The number of hydrogen-bond donors (Lipinski definition) is 0. The number of hydrogen-bond acceptors (Lipinski definition) is 2. The molecule has 0 aliphatic heterocycles. The van der Waals surface area contributed by atoms with Gasteiger partial charge in [-0.2, -0.15) is 0 Å². The third-order valence-electron chi connectivity index (χ3n) is 4.82. The summed E-state index contributed by atoms with van der Waals surface area (Å²) in [6.45, 7) is 0. The normalized spacial score (nSPS) is 46.8. The van der Waals surface area contributed by atoms with Crippen molar-refractivity contribution in [1.29, 1.82) is 0 Å². The molecule has 0 aromatic rings. The van der Waals surface area contributed by atoms with Crippen LogP contribution in [0.4, 0.5) is 0 Å². The molecule has 0 radical (unpaired) electrons. The van der Waals surface area contributed by atoms with Crippen LogP contribution in [0.3, 0.4) is 0 Å². The van der Waals surface area contributed by atoms with E-state index in [0.717, 1.165) is 12.8 Å². The Kier molecular flexibility index (Phi) is 3.27. The summed E-state index contributed by atoms with van der Waals surface area (Å²) in [6, 6.07) is 0. The summed E-state index contributed by atoms with van der Waals surface area (Å²) in [7, 11) is 3.06. The molecule has 0 N–H and O–H groups in total. The third kappa shape index (κ3) is 1.26. The van der Waals surface area contributed by atoms with E-state index in [-0.39, 0.29) is 11.8 Å². The lowest BCUT2D eigenvalue weighted by Crippen LogP contribution is -2.57. The minimum atomic E-state index is -1.24. The lowest BCUT2D eigenvalue weighted by Gasteiger charge is -2.41. The first-order valence-corrected chi connectivity index (χ1v) is 7.62. The second-order valence-electron chi connectivity index (χ2n) is 5.23. The minimum Gasteiger partial charge on any atom is -0.350 e. The molecule has 3 aliphatic carbocycles. The van der Waals surface area contributed by atoms with E-state index in [9.17, 15) is 0 Å². The van der Waals surface area contributed by atoms with Gasteiger partial charge >= 0.3 is 0 Å². The summed E-state index contributed by atoms with van der Waals surface area (Å²) in [6.07, 6.45) is 5.77. The van der Waals surface area contributed by atoms with Gasteiger partial charge in [0.2, 0.25) is 5.79 Å². The number of fused-ring (bicyclic) bond motifs is 5. The molecule has 0 aromatic heterocycles. The minimum absolute atomic E-state index is 0.0477. The molecule has 19 heavy (non-hydrogen) atoms. The van der Waals surface area contributed by atoms with Crippen LogP contribution in [-0.4, -0.2) is 29.8 Å². The molecule has 0 aromatic carbocycles. The fraction of sp³-hybridized carbons (Fsp3) is 0.692. The first-order chi connectivity index (χ1) is 8.91. The maximum Gasteiger partial charge on any atom is 0.217 e. The number of ether oxygens (including phenoxy) is 2. The Morgan fingerprint density at radius 1 is 0.947 bits per heavy atom. The van der Waals surface area contributed by atoms with Crippen molar-refractivity contribution in [3.8, 4) is 0 Å². The first-order valence-electron chi connectivity index (χ1n) is 6.11. The SMILES string of the molecule is COC1(OC)[C@@]2(Cl)C(Cl)=C(Cl)[C@]1(Cl)[C@@H]1CC=CC[C@@H]12. The van der Waals surface area contributed by atoms with Gasteiger partial charge in [0.1, 0.15) is 9.75 Å². The van der Waals surface area contributed by atoms with Gasteiger partial charge in [-0.1, -0.05) is 35.4 Å². The molecule has 0 amide bonds. The number of rotatable bonds is 2. The van der Waals surface area contributed by atoms with Gasteiger partial charge in [0.25, 0.3) is 0 Å². The average Bonchev–Trinajstić information content (AvgIpc) is 2.69. The van der Waals surface area contributed by atoms with Gasteiger partial charge < -0.3 is 9.47 Å². The van der Waals surface area contributed by atoms with E-state index in [1.807, 2.05) is 0 Å². The Balaban J connectivity index is 2.29. The van der Waals surface area contributed by atoms with Crippen molar-refractivity contribution in [1.82, 2.24) is 0 Å². The Morgan fingerprint density at radius 2 is 1.32 bits per heavy atom. The van der Waals surface area contributed by atoms with Crippen molar-refractivity contribution < 1.29 is 9.47 Å². The smallest absolute Gasteiger partial charge is 0.217 e. The van der Waals surface area contributed by atoms with E-state index in [1.54, 1.807) is 0 Å². The van der Waals surface area contributed by atoms with Crippen molar-refractivity contribution in [3.63, 3.8) is 0 Å². The zero-order valence-electron chi connectivity index (χ0n) is 10.6. The lowest BCUT2D eigenvalue weighted by atomic mass is 9.75. The molecular weight excluding hydrogens is 330 g/mol. The van der Waals surface area contributed by atoms with Gasteiger partial charge in [0.05, 0.1) is 10.1 Å². The molecule has 0 heterocycles. The molecule has 6 heteroatoms. The largest absolute Gasteiger partial charge is 0.350 e. The first kappa shape index (κ1) is 14.5. The van der Waals surface area contributed by atoms with Gasteiger partial charge in [-0.05, 0) is 24.7 Å². The van der Waals surface area contributed by atoms with Gasteiger partial charge in [-0.3, -0.25) is 0 Å². The van der Waals surface area contributed by atoms with Crippen molar-refractivity contribution in [2.45, 2.75) is 28.4 Å². The molecule has 3 rings (SSSR count). The quantitative estimate of drug-likeness (QED) is 0.424. The van der Waals surface area contributed by atoms with Crippen molar-refractivity contribution >= 4 is 46.4 Å². The Hall–Kier alpha value is 0.560. The highest BCUT2D eigenvalue weighted by Gasteiger charge is 2.84. The zero-order chi connectivity index (χ0) is 14.1. The van der Waals surface area contributed by atoms with Crippen LogP contribution in [0.2, 0.25) is 0 Å². The van der Waals surface area contributed by atoms with Crippen molar-refractivity contribution in [2.24, 2.45) is 11.8 Å². The van der Waals surface area contributed by atoms with Crippen LogP contribution in [-0.2, 0) is 9.47 Å². The summed E-state index contributed by atoms with van der Waals surface area (Å²) in [5, 5.41) is 0.706. The molecule has 4 atom stereocenters. The van der Waals surface area contributed by atoms with Crippen LogP contribution in [0.25, 0.3) is 0 Å². The Morgan fingerprint density at radius 3 is 1.63 bits per heavy atom. The molecule has 0 saturated heterocycles. The van der Waals surface area contributed by atoms with Crippen LogP contribution >= 0.6 is 46.4 Å². The maximum atomic E-state index is 6.89. The highest BCUT2D eigenvalue weighted by Crippen LogP contribution is 2.75. The van der Waals surface area contributed by atoms with E-state index >= 15 is 0 Å². The van der Waals surface area contributed by atoms with Crippen molar-refractivity contribution in [2.75, 3.05) is 14.2 Å². The van der Waals surface area contributed by atoms with Gasteiger partial charge in [0.15, 0.2) is 0 Å². The summed E-state index contributed by atoms with van der Waals surface area (Å²) in [5.41, 5.74) is 0. The van der Waals surface area contributed by atoms with Gasteiger partial charge in [-0.25, -0.2) is 0 Å². The van der Waals surface area contributed by atoms with Gasteiger partial charge in [-0.15, -0.1) is 23.2 Å². The van der Waals surface area contributed by atoms with Crippen LogP contribution in [0, 0.1) is 11.8 Å². The number of alkyl halides is 2. The second-order valence-corrected chi connectivity index (χ2v) is 7.18. The zero-order valence-corrected chi connectivity index (χ0v) is 13.6. The van der Waals surface area contributed by atoms with Crippen LogP contribution in [0.15, 0.2) is 22.2 Å². The number of methoxy groups -OCH3 is 2. The third-order valence-corrected chi connectivity index (χ3v) is 7.52. The average molecular weight is 344 g/mol. The summed E-state index contributed by atoms with van der Waals surface area (Å²) in [5.74, 6) is -1.14. The maximum absolute atomic E-state index is 6.89.